The first-order chi connectivity index (χ1) is 12.5. The molecular weight excluding hydrogens is 366 g/mol. The van der Waals surface area contributed by atoms with E-state index in [0.29, 0.717) is 6.61 Å². The normalized spacial score (nSPS) is 11.9. The molecule has 0 saturated heterocycles. The van der Waals surface area contributed by atoms with Crippen LogP contribution >= 0.6 is 0 Å². The molecule has 7 heteroatoms. The predicted molar refractivity (Wildman–Crippen MR) is 105 cm³/mol. The molecule has 0 aliphatic carbocycles. The highest BCUT2D eigenvalue weighted by Crippen LogP contribution is 2.29. The number of carboxylic acids is 1. The third-order valence-corrected chi connectivity index (χ3v) is 5.34. The van der Waals surface area contributed by atoms with E-state index in [2.05, 4.69) is 4.72 Å². The molecule has 0 aliphatic rings. The summed E-state index contributed by atoms with van der Waals surface area (Å²) in [6, 6.07) is 10.7. The maximum Gasteiger partial charge on any atom is 0.335 e. The lowest BCUT2D eigenvalue weighted by Gasteiger charge is -2.19. The lowest BCUT2D eigenvalue weighted by molar-refractivity contribution is 0.0697. The van der Waals surface area contributed by atoms with Crippen LogP contribution in [0.15, 0.2) is 47.4 Å². The Morgan fingerprint density at radius 2 is 1.74 bits per heavy atom. The molecule has 27 heavy (non-hydrogen) atoms. The van der Waals surface area contributed by atoms with Gasteiger partial charge in [0.2, 0.25) is 0 Å². The molecule has 0 aromatic heterocycles. The number of sulfonamides is 1. The van der Waals surface area contributed by atoms with Crippen LogP contribution in [-0.2, 0) is 15.4 Å². The summed E-state index contributed by atoms with van der Waals surface area (Å²) in [5.41, 5.74) is 0.997. The van der Waals surface area contributed by atoms with E-state index in [0.717, 1.165) is 12.0 Å². The zero-order valence-corrected chi connectivity index (χ0v) is 16.8. The van der Waals surface area contributed by atoms with Gasteiger partial charge in [0.15, 0.2) is 0 Å². The second kappa shape index (κ2) is 8.00. The second-order valence-electron chi connectivity index (χ2n) is 7.24. The van der Waals surface area contributed by atoms with E-state index in [1.807, 2.05) is 27.7 Å². The van der Waals surface area contributed by atoms with Gasteiger partial charge in [-0.15, -0.1) is 0 Å². The van der Waals surface area contributed by atoms with Crippen molar-refractivity contribution in [1.82, 2.24) is 0 Å². The van der Waals surface area contributed by atoms with Crippen molar-refractivity contribution in [3.05, 3.63) is 53.6 Å². The minimum absolute atomic E-state index is 0.0281. The quantitative estimate of drug-likeness (QED) is 0.735. The Balaban J connectivity index is 2.38. The fourth-order valence-corrected chi connectivity index (χ4v) is 3.48. The monoisotopic (exact) mass is 391 g/mol. The number of ether oxygens (including phenoxy) is 1. The number of carboxylic acid groups (broad SMARTS) is 1. The molecular formula is C20H25NO5S. The summed E-state index contributed by atoms with van der Waals surface area (Å²) in [5, 5.41) is 9.18. The molecule has 0 saturated carbocycles. The molecule has 2 rings (SSSR count). The summed E-state index contributed by atoms with van der Waals surface area (Å²) in [5.74, 6) is -0.858. The minimum Gasteiger partial charge on any atom is -0.491 e. The van der Waals surface area contributed by atoms with E-state index < -0.39 is 16.0 Å². The second-order valence-corrected chi connectivity index (χ2v) is 8.93. The van der Waals surface area contributed by atoms with Gasteiger partial charge in [-0.2, -0.15) is 0 Å². The van der Waals surface area contributed by atoms with Crippen LogP contribution in [-0.4, -0.2) is 26.1 Å². The van der Waals surface area contributed by atoms with Crippen molar-refractivity contribution in [3.8, 4) is 5.75 Å². The highest BCUT2D eigenvalue weighted by Gasteiger charge is 2.20. The zero-order chi connectivity index (χ0) is 20.2. The number of hydrogen-bond donors (Lipinski definition) is 2. The molecule has 2 N–H and O–H groups in total. The van der Waals surface area contributed by atoms with E-state index in [9.17, 15) is 18.3 Å². The minimum atomic E-state index is -3.89. The van der Waals surface area contributed by atoms with Crippen LogP contribution in [0.4, 0.5) is 5.69 Å². The molecule has 0 heterocycles. The molecule has 0 radical (unpaired) electrons. The van der Waals surface area contributed by atoms with Crippen molar-refractivity contribution in [1.29, 1.82) is 0 Å². The Hall–Kier alpha value is -2.54. The molecule has 0 unspecified atom stereocenters. The molecule has 6 nitrogen and oxygen atoms in total. The van der Waals surface area contributed by atoms with E-state index >= 15 is 0 Å². The van der Waals surface area contributed by atoms with Crippen molar-refractivity contribution < 1.29 is 23.1 Å². The fourth-order valence-electron chi connectivity index (χ4n) is 2.42. The number of hydrogen-bond acceptors (Lipinski definition) is 4. The lowest BCUT2D eigenvalue weighted by atomic mass is 9.87. The average molecular weight is 391 g/mol. The van der Waals surface area contributed by atoms with Crippen LogP contribution in [0.5, 0.6) is 5.75 Å². The van der Waals surface area contributed by atoms with Crippen LogP contribution in [0, 0.1) is 0 Å². The molecule has 0 fully saturated rings. The summed E-state index contributed by atoms with van der Waals surface area (Å²) >= 11 is 0. The third kappa shape index (κ3) is 5.23. The van der Waals surface area contributed by atoms with Crippen LogP contribution in [0.3, 0.4) is 0 Å². The van der Waals surface area contributed by atoms with Crippen molar-refractivity contribution in [2.75, 3.05) is 11.3 Å². The van der Waals surface area contributed by atoms with Gasteiger partial charge in [-0.3, -0.25) is 4.72 Å². The maximum absolute atomic E-state index is 12.8. The van der Waals surface area contributed by atoms with E-state index in [1.165, 1.54) is 30.3 Å². The van der Waals surface area contributed by atoms with Gasteiger partial charge >= 0.3 is 5.97 Å². The smallest absolute Gasteiger partial charge is 0.335 e. The molecule has 0 bridgehead atoms. The highest BCUT2D eigenvalue weighted by atomic mass is 32.2. The fraction of sp³-hybridized carbons (Fsp3) is 0.350. The van der Waals surface area contributed by atoms with Crippen LogP contribution in [0.2, 0.25) is 0 Å². The first kappa shape index (κ1) is 20.8. The van der Waals surface area contributed by atoms with Gasteiger partial charge in [0.1, 0.15) is 5.75 Å². The summed E-state index contributed by atoms with van der Waals surface area (Å²) in [4.78, 5) is 11.3. The zero-order valence-electron chi connectivity index (χ0n) is 15.9. The maximum atomic E-state index is 12.8. The van der Waals surface area contributed by atoms with Crippen LogP contribution < -0.4 is 9.46 Å². The van der Waals surface area contributed by atoms with Crippen molar-refractivity contribution in [3.63, 3.8) is 0 Å². The van der Waals surface area contributed by atoms with Gasteiger partial charge in [0.25, 0.3) is 10.0 Å². The van der Waals surface area contributed by atoms with Gasteiger partial charge < -0.3 is 9.84 Å². The van der Waals surface area contributed by atoms with Gasteiger partial charge in [0, 0.05) is 0 Å². The average Bonchev–Trinajstić information content (AvgIpc) is 2.59. The number of carbonyl (C=O) groups is 1. The van der Waals surface area contributed by atoms with Crippen molar-refractivity contribution in [2.24, 2.45) is 0 Å². The van der Waals surface area contributed by atoms with Gasteiger partial charge in [-0.1, -0.05) is 39.8 Å². The molecule has 2 aromatic carbocycles. The van der Waals surface area contributed by atoms with E-state index in [4.69, 9.17) is 4.74 Å². The third-order valence-electron chi connectivity index (χ3n) is 3.96. The van der Waals surface area contributed by atoms with Gasteiger partial charge in [-0.25, -0.2) is 13.2 Å². The van der Waals surface area contributed by atoms with Crippen LogP contribution in [0.1, 0.15) is 50.0 Å². The van der Waals surface area contributed by atoms with E-state index in [1.54, 1.807) is 12.1 Å². The summed E-state index contributed by atoms with van der Waals surface area (Å²) < 4.78 is 33.5. The molecule has 0 spiro atoms. The lowest BCUT2D eigenvalue weighted by Crippen LogP contribution is -2.16. The predicted octanol–water partition coefficient (Wildman–Crippen LogP) is 4.27. The number of rotatable bonds is 7. The Kier molecular flexibility index (Phi) is 6.15. The van der Waals surface area contributed by atoms with Gasteiger partial charge in [0.05, 0.1) is 22.8 Å². The summed E-state index contributed by atoms with van der Waals surface area (Å²) in [6.45, 7) is 8.45. The molecule has 0 amide bonds. The van der Waals surface area contributed by atoms with Crippen molar-refractivity contribution in [2.45, 2.75) is 44.4 Å². The Labute approximate surface area is 160 Å². The Morgan fingerprint density at radius 1 is 1.11 bits per heavy atom. The molecule has 146 valence electrons. The van der Waals surface area contributed by atoms with Crippen molar-refractivity contribution >= 4 is 21.7 Å². The highest BCUT2D eigenvalue weighted by molar-refractivity contribution is 7.92. The number of benzene rings is 2. The van der Waals surface area contributed by atoms with Crippen LogP contribution in [0.25, 0.3) is 0 Å². The molecule has 0 aliphatic heterocycles. The largest absolute Gasteiger partial charge is 0.491 e. The molecule has 0 atom stereocenters. The summed E-state index contributed by atoms with van der Waals surface area (Å²) in [7, 11) is -3.89. The summed E-state index contributed by atoms with van der Waals surface area (Å²) in [6.07, 6.45) is 0.737. The molecule has 2 aromatic rings. The SMILES string of the molecule is CCCOc1ccc(C(=O)O)cc1NS(=O)(=O)c1ccc(C(C)(C)C)cc1. The topological polar surface area (TPSA) is 92.7 Å². The number of anilines is 1. The Bertz CT molecular complexity index is 912. The van der Waals surface area contributed by atoms with E-state index in [-0.39, 0.29) is 27.3 Å². The standard InChI is InChI=1S/C20H25NO5S/c1-5-12-26-18-11-6-14(19(22)23)13-17(18)21-27(24,25)16-9-7-15(8-10-16)20(2,3)4/h6-11,13,21H,5,12H2,1-4H3,(H,22,23). The van der Waals surface area contributed by atoms with Gasteiger partial charge in [-0.05, 0) is 47.7 Å². The first-order valence-electron chi connectivity index (χ1n) is 8.68. The first-order valence-corrected chi connectivity index (χ1v) is 10.2. The Morgan fingerprint density at radius 3 is 2.26 bits per heavy atom. The number of aromatic carboxylic acids is 1. The number of nitrogens with one attached hydrogen (secondary N) is 1.